The van der Waals surface area contributed by atoms with Crippen LogP contribution in [0.3, 0.4) is 0 Å². The van der Waals surface area contributed by atoms with Crippen LogP contribution >= 0.6 is 0 Å². The van der Waals surface area contributed by atoms with Crippen molar-refractivity contribution in [1.29, 1.82) is 0 Å². The molecule has 11 heteroatoms. The predicted octanol–water partition coefficient (Wildman–Crippen LogP) is 2.04. The molecule has 0 aromatic heterocycles. The molecule has 0 amide bonds. The van der Waals surface area contributed by atoms with Crippen molar-refractivity contribution in [2.24, 2.45) is 29.1 Å². The Kier molecular flexibility index (Phi) is 11.4. The van der Waals surface area contributed by atoms with E-state index in [9.17, 15) is 30.3 Å². The summed E-state index contributed by atoms with van der Waals surface area (Å²) in [5, 5.41) is 56.2. The van der Waals surface area contributed by atoms with Gasteiger partial charge in [-0.15, -0.1) is 6.58 Å². The third kappa shape index (κ3) is 7.12. The monoisotopic (exact) mass is 638 g/mol. The van der Waals surface area contributed by atoms with Gasteiger partial charge < -0.3 is 49.2 Å². The second kappa shape index (κ2) is 14.2. The Labute approximate surface area is 266 Å². The molecule has 11 nitrogen and oxygen atoms in total. The van der Waals surface area contributed by atoms with Gasteiger partial charge in [-0.25, -0.2) is 0 Å². The zero-order chi connectivity index (χ0) is 33.4. The Morgan fingerprint density at radius 3 is 2.47 bits per heavy atom. The predicted molar refractivity (Wildman–Crippen MR) is 165 cm³/mol. The number of aliphatic hydroxyl groups excluding tert-OH is 5. The highest BCUT2D eigenvalue weighted by Gasteiger charge is 2.56. The number of rotatable bonds is 11. The van der Waals surface area contributed by atoms with Crippen LogP contribution < -0.4 is 0 Å². The molecule has 256 valence electrons. The van der Waals surface area contributed by atoms with Gasteiger partial charge in [-0.05, 0) is 57.4 Å². The molecule has 5 N–H and O–H groups in total. The highest BCUT2D eigenvalue weighted by molar-refractivity contribution is 5.66. The summed E-state index contributed by atoms with van der Waals surface area (Å²) in [5.74, 6) is -1.20. The summed E-state index contributed by atoms with van der Waals surface area (Å²) in [6.45, 7) is 14.5. The summed E-state index contributed by atoms with van der Waals surface area (Å²) in [6, 6.07) is 0. The van der Waals surface area contributed by atoms with Crippen LogP contribution in [0.4, 0.5) is 0 Å². The van der Waals surface area contributed by atoms with Gasteiger partial charge in [0.25, 0.3) is 0 Å². The van der Waals surface area contributed by atoms with E-state index in [2.05, 4.69) is 12.7 Å². The molecule has 0 aromatic rings. The van der Waals surface area contributed by atoms with E-state index in [1.165, 1.54) is 6.92 Å². The first kappa shape index (κ1) is 36.2. The zero-order valence-electron chi connectivity index (χ0n) is 27.7. The van der Waals surface area contributed by atoms with Gasteiger partial charge in [-0.3, -0.25) is 4.79 Å². The second-order valence-corrected chi connectivity index (χ2v) is 14.1. The van der Waals surface area contributed by atoms with Crippen molar-refractivity contribution in [2.45, 2.75) is 115 Å². The van der Waals surface area contributed by atoms with Crippen molar-refractivity contribution in [3.63, 3.8) is 0 Å². The van der Waals surface area contributed by atoms with E-state index in [0.29, 0.717) is 12.2 Å². The van der Waals surface area contributed by atoms with E-state index < -0.39 is 66.0 Å². The van der Waals surface area contributed by atoms with Gasteiger partial charge in [0.15, 0.2) is 12.4 Å². The van der Waals surface area contributed by atoms with E-state index in [1.54, 1.807) is 27.0 Å². The summed E-state index contributed by atoms with van der Waals surface area (Å²) in [5.41, 5.74) is 0.834. The number of esters is 1. The molecule has 3 aliphatic carbocycles. The highest BCUT2D eigenvalue weighted by atomic mass is 16.7. The molecule has 13 atom stereocenters. The summed E-state index contributed by atoms with van der Waals surface area (Å²) in [4.78, 5) is 12.2. The van der Waals surface area contributed by atoms with Gasteiger partial charge in [-0.2, -0.15) is 0 Å². The minimum absolute atomic E-state index is 0.00220. The molecule has 45 heavy (non-hydrogen) atoms. The van der Waals surface area contributed by atoms with Gasteiger partial charge in [0, 0.05) is 37.9 Å². The number of ether oxygens (including phenoxy) is 5. The molecule has 1 saturated heterocycles. The van der Waals surface area contributed by atoms with Crippen molar-refractivity contribution in [1.82, 2.24) is 0 Å². The highest BCUT2D eigenvalue weighted by Crippen LogP contribution is 2.55. The zero-order valence-corrected chi connectivity index (χ0v) is 27.7. The molecule has 0 bridgehead atoms. The maximum absolute atomic E-state index is 12.2. The van der Waals surface area contributed by atoms with Gasteiger partial charge >= 0.3 is 5.97 Å². The Bertz CT molecular complexity index is 1130. The number of aliphatic hydroxyl groups is 5. The van der Waals surface area contributed by atoms with E-state index >= 15 is 0 Å². The molecule has 4 rings (SSSR count). The van der Waals surface area contributed by atoms with Crippen LogP contribution in [0.1, 0.15) is 60.8 Å². The van der Waals surface area contributed by atoms with Gasteiger partial charge in [0.1, 0.15) is 24.4 Å². The van der Waals surface area contributed by atoms with Crippen molar-refractivity contribution < 1.29 is 54.0 Å². The average molecular weight is 639 g/mol. The number of carbonyl (C=O) groups excluding carboxylic acids is 1. The summed E-state index contributed by atoms with van der Waals surface area (Å²) < 4.78 is 29.7. The van der Waals surface area contributed by atoms with E-state index in [0.717, 1.165) is 24.0 Å². The first-order valence-corrected chi connectivity index (χ1v) is 16.1. The lowest BCUT2D eigenvalue weighted by molar-refractivity contribution is -0.321. The van der Waals surface area contributed by atoms with Crippen molar-refractivity contribution in [3.8, 4) is 0 Å². The molecule has 2 fully saturated rings. The fourth-order valence-electron chi connectivity index (χ4n) is 7.63. The van der Waals surface area contributed by atoms with Crippen LogP contribution in [0.15, 0.2) is 35.5 Å². The van der Waals surface area contributed by atoms with Gasteiger partial charge in [0.05, 0.1) is 31.0 Å². The Morgan fingerprint density at radius 1 is 1.18 bits per heavy atom. The van der Waals surface area contributed by atoms with Crippen molar-refractivity contribution >= 4 is 5.97 Å². The maximum atomic E-state index is 12.2. The molecular formula is C34H54O11. The third-order valence-electron chi connectivity index (χ3n) is 10.6. The molecule has 0 radical (unpaired) electrons. The standard InChI is InChI=1S/C34H54O11/c1-9-33(5,6)42-16-24-28(39)29(40)31(43-19(4)36)32(44-24)45-30-26-22(17(2)14-35)12-25(37)34(26,7)13-23-20(15-41-8)10-11-21(23)18(3)27(30)38/h9,13,17-18,20-21,24-25,27-32,35,37-40H,1,10-12,14-16H2,2-8H3. The molecule has 1 aliphatic heterocycles. The molecule has 13 unspecified atom stereocenters. The minimum Gasteiger partial charge on any atom is -0.454 e. The first-order chi connectivity index (χ1) is 21.1. The lowest BCUT2D eigenvalue weighted by atomic mass is 9.68. The number of hydrogen-bond acceptors (Lipinski definition) is 11. The van der Waals surface area contributed by atoms with E-state index in [1.807, 2.05) is 20.8 Å². The summed E-state index contributed by atoms with van der Waals surface area (Å²) >= 11 is 0. The fraction of sp³-hybridized carbons (Fsp3) is 0.794. The smallest absolute Gasteiger partial charge is 0.303 e. The van der Waals surface area contributed by atoms with Crippen LogP contribution in [0.2, 0.25) is 0 Å². The van der Waals surface area contributed by atoms with Crippen molar-refractivity contribution in [2.75, 3.05) is 26.9 Å². The molecule has 4 aliphatic rings. The fourth-order valence-corrected chi connectivity index (χ4v) is 7.63. The quantitative estimate of drug-likeness (QED) is 0.166. The SMILES string of the molecule is C=CC(C)(C)OCC1OC(OC2C3=C(C(C)CO)CC(O)C3(C)C=C3C(COC)CCC3C(C)C2O)C(OC(C)=O)C(O)C1O. The third-order valence-corrected chi connectivity index (χ3v) is 10.6. The minimum atomic E-state index is -1.59. The molecule has 1 saturated carbocycles. The number of methoxy groups -OCH3 is 1. The second-order valence-electron chi connectivity index (χ2n) is 14.1. The van der Waals surface area contributed by atoms with E-state index in [-0.39, 0.29) is 43.3 Å². The van der Waals surface area contributed by atoms with E-state index in [4.69, 9.17) is 23.7 Å². The normalized spacial score (nSPS) is 41.1. The Balaban J connectivity index is 1.81. The van der Waals surface area contributed by atoms with Gasteiger partial charge in [-0.1, -0.05) is 37.1 Å². The maximum Gasteiger partial charge on any atom is 0.303 e. The number of carbonyl (C=O) groups is 1. The Hall–Kier alpha value is -1.67. The lowest BCUT2D eigenvalue weighted by Crippen LogP contribution is -2.62. The Morgan fingerprint density at radius 2 is 1.87 bits per heavy atom. The topological polar surface area (TPSA) is 164 Å². The van der Waals surface area contributed by atoms with Crippen LogP contribution in [0, 0.1) is 29.1 Å². The first-order valence-electron chi connectivity index (χ1n) is 16.1. The number of fused-ring (bicyclic) bond motifs is 2. The van der Waals surface area contributed by atoms with Crippen molar-refractivity contribution in [3.05, 3.63) is 35.5 Å². The average Bonchev–Trinajstić information content (AvgIpc) is 3.49. The molecular weight excluding hydrogens is 584 g/mol. The summed E-state index contributed by atoms with van der Waals surface area (Å²) in [6.07, 6.45) is -4.27. The lowest BCUT2D eigenvalue weighted by Gasteiger charge is -2.47. The molecule has 0 aromatic carbocycles. The molecule has 1 heterocycles. The van der Waals surface area contributed by atoms with Crippen LogP contribution in [0.5, 0.6) is 0 Å². The van der Waals surface area contributed by atoms with Gasteiger partial charge in [0.2, 0.25) is 0 Å². The van der Waals surface area contributed by atoms with Crippen LogP contribution in [-0.4, -0.2) is 113 Å². The number of hydrogen-bond donors (Lipinski definition) is 5. The van der Waals surface area contributed by atoms with Crippen LogP contribution in [-0.2, 0) is 28.5 Å². The summed E-state index contributed by atoms with van der Waals surface area (Å²) in [7, 11) is 1.67. The largest absolute Gasteiger partial charge is 0.454 e. The molecule has 0 spiro atoms. The van der Waals surface area contributed by atoms with Crippen LogP contribution in [0.25, 0.3) is 0 Å².